The fourth-order valence-electron chi connectivity index (χ4n) is 2.52. The second-order valence-electron chi connectivity index (χ2n) is 5.67. The highest BCUT2D eigenvalue weighted by Crippen LogP contribution is 2.27. The minimum absolute atomic E-state index is 0.0542. The van der Waals surface area contributed by atoms with Gasteiger partial charge < -0.3 is 14.8 Å². The molecule has 2 N–H and O–H groups in total. The van der Waals surface area contributed by atoms with Crippen molar-refractivity contribution in [1.29, 1.82) is 0 Å². The highest BCUT2D eigenvalue weighted by atomic mass is 32.1. The van der Waals surface area contributed by atoms with Crippen molar-refractivity contribution in [3.63, 3.8) is 0 Å². The Morgan fingerprint density at radius 1 is 1.50 bits per heavy atom. The molecule has 9 heteroatoms. The van der Waals surface area contributed by atoms with E-state index in [2.05, 4.69) is 20.8 Å². The van der Waals surface area contributed by atoms with E-state index in [0.717, 1.165) is 0 Å². The Balaban J connectivity index is 1.74. The number of tetrazole rings is 1. The predicted molar refractivity (Wildman–Crippen MR) is 87.1 cm³/mol. The highest BCUT2D eigenvalue weighted by Gasteiger charge is 2.29. The van der Waals surface area contributed by atoms with Crippen LogP contribution in [0.5, 0.6) is 0 Å². The van der Waals surface area contributed by atoms with Gasteiger partial charge in [0.15, 0.2) is 0 Å². The number of aryl methyl sites for hydroxylation is 2. The maximum atomic E-state index is 12.5. The molecule has 0 fully saturated rings. The average molecular weight is 347 g/mol. The van der Waals surface area contributed by atoms with Crippen LogP contribution in [-0.4, -0.2) is 37.8 Å². The second kappa shape index (κ2) is 6.17. The first kappa shape index (κ1) is 16.3. The van der Waals surface area contributed by atoms with Crippen molar-refractivity contribution in [2.24, 2.45) is 0 Å². The standard InChI is InChI=1S/C15H17N5O3S/c1-9-6-11(10(2)23-9)15(3,22)7-16-14(21)13-12(4-5-24-13)20-8-17-18-19-20/h4-6,8,22H,7H2,1-3H3,(H,16,21). The molecular weight excluding hydrogens is 330 g/mol. The molecule has 8 nitrogen and oxygen atoms in total. The van der Waals surface area contributed by atoms with Gasteiger partial charge >= 0.3 is 0 Å². The summed E-state index contributed by atoms with van der Waals surface area (Å²) >= 11 is 1.28. The zero-order chi connectivity index (χ0) is 17.3. The molecule has 0 radical (unpaired) electrons. The van der Waals surface area contributed by atoms with Gasteiger partial charge in [0, 0.05) is 5.56 Å². The normalized spacial score (nSPS) is 13.7. The number of nitrogens with zero attached hydrogens (tertiary/aromatic N) is 4. The van der Waals surface area contributed by atoms with Crippen LogP contribution >= 0.6 is 11.3 Å². The van der Waals surface area contributed by atoms with Crippen LogP contribution in [0.4, 0.5) is 0 Å². The topological polar surface area (TPSA) is 106 Å². The van der Waals surface area contributed by atoms with E-state index >= 15 is 0 Å². The van der Waals surface area contributed by atoms with E-state index in [4.69, 9.17) is 4.42 Å². The molecule has 3 aromatic rings. The Morgan fingerprint density at radius 2 is 2.29 bits per heavy atom. The molecule has 3 heterocycles. The number of hydrogen-bond donors (Lipinski definition) is 2. The summed E-state index contributed by atoms with van der Waals surface area (Å²) in [6.45, 7) is 5.29. The first-order valence-corrected chi connectivity index (χ1v) is 8.15. The van der Waals surface area contributed by atoms with Gasteiger partial charge in [-0.25, -0.2) is 0 Å². The Morgan fingerprint density at radius 3 is 2.92 bits per heavy atom. The number of aliphatic hydroxyl groups is 1. The van der Waals surface area contributed by atoms with E-state index < -0.39 is 5.60 Å². The number of carbonyl (C=O) groups is 1. The first-order valence-electron chi connectivity index (χ1n) is 7.27. The van der Waals surface area contributed by atoms with Gasteiger partial charge in [-0.2, -0.15) is 4.68 Å². The summed E-state index contributed by atoms with van der Waals surface area (Å²) in [5, 5.41) is 26.2. The molecule has 0 saturated carbocycles. The Kier molecular flexibility index (Phi) is 4.20. The molecule has 0 aliphatic heterocycles. The largest absolute Gasteiger partial charge is 0.466 e. The van der Waals surface area contributed by atoms with Crippen molar-refractivity contribution in [3.8, 4) is 5.69 Å². The molecule has 3 aromatic heterocycles. The molecule has 0 saturated heterocycles. The van der Waals surface area contributed by atoms with Crippen LogP contribution in [0.2, 0.25) is 0 Å². The fourth-order valence-corrected chi connectivity index (χ4v) is 3.31. The molecule has 1 amide bonds. The second-order valence-corrected chi connectivity index (χ2v) is 6.59. The third-order valence-electron chi connectivity index (χ3n) is 3.66. The molecule has 0 bridgehead atoms. The van der Waals surface area contributed by atoms with Gasteiger partial charge in [0.05, 0.1) is 12.2 Å². The summed E-state index contributed by atoms with van der Waals surface area (Å²) in [6.07, 6.45) is 1.42. The molecular formula is C15H17N5O3S. The quantitative estimate of drug-likeness (QED) is 0.726. The van der Waals surface area contributed by atoms with Gasteiger partial charge in [0.25, 0.3) is 5.91 Å². The maximum absolute atomic E-state index is 12.5. The van der Waals surface area contributed by atoms with Gasteiger partial charge in [-0.1, -0.05) is 0 Å². The van der Waals surface area contributed by atoms with Gasteiger partial charge in [0.1, 0.15) is 28.3 Å². The van der Waals surface area contributed by atoms with Gasteiger partial charge in [-0.3, -0.25) is 4.79 Å². The van der Waals surface area contributed by atoms with Crippen LogP contribution in [0, 0.1) is 13.8 Å². The minimum atomic E-state index is -1.23. The van der Waals surface area contributed by atoms with Crippen LogP contribution in [0.25, 0.3) is 5.69 Å². The molecule has 3 rings (SSSR count). The van der Waals surface area contributed by atoms with Gasteiger partial charge in [-0.15, -0.1) is 16.4 Å². The number of nitrogens with one attached hydrogen (secondary N) is 1. The van der Waals surface area contributed by atoms with Crippen LogP contribution in [0.3, 0.4) is 0 Å². The van der Waals surface area contributed by atoms with E-state index in [1.807, 2.05) is 6.92 Å². The van der Waals surface area contributed by atoms with E-state index in [1.165, 1.54) is 22.3 Å². The number of thiophene rings is 1. The van der Waals surface area contributed by atoms with E-state index in [9.17, 15) is 9.90 Å². The minimum Gasteiger partial charge on any atom is -0.466 e. The van der Waals surface area contributed by atoms with Crippen LogP contribution in [0.1, 0.15) is 33.7 Å². The summed E-state index contributed by atoms with van der Waals surface area (Å²) in [4.78, 5) is 12.9. The van der Waals surface area contributed by atoms with E-state index in [-0.39, 0.29) is 12.5 Å². The van der Waals surface area contributed by atoms with Gasteiger partial charge in [0.2, 0.25) is 0 Å². The number of amides is 1. The lowest BCUT2D eigenvalue weighted by molar-refractivity contribution is 0.0515. The van der Waals surface area contributed by atoms with Crippen LogP contribution < -0.4 is 5.32 Å². The molecule has 0 spiro atoms. The zero-order valence-electron chi connectivity index (χ0n) is 13.5. The van der Waals surface area contributed by atoms with Crippen molar-refractivity contribution in [1.82, 2.24) is 25.5 Å². The molecule has 0 aromatic carbocycles. The summed E-state index contributed by atoms with van der Waals surface area (Å²) < 4.78 is 6.88. The molecule has 0 aliphatic rings. The molecule has 1 atom stereocenters. The van der Waals surface area contributed by atoms with E-state index in [0.29, 0.717) is 27.6 Å². The smallest absolute Gasteiger partial charge is 0.263 e. The molecule has 126 valence electrons. The van der Waals surface area contributed by atoms with Crippen molar-refractivity contribution in [2.45, 2.75) is 26.4 Å². The number of aromatic nitrogens is 4. The SMILES string of the molecule is Cc1cc(C(C)(O)CNC(=O)c2sccc2-n2cnnn2)c(C)o1. The lowest BCUT2D eigenvalue weighted by atomic mass is 9.96. The highest BCUT2D eigenvalue weighted by molar-refractivity contribution is 7.12. The van der Waals surface area contributed by atoms with E-state index in [1.54, 1.807) is 31.4 Å². The lowest BCUT2D eigenvalue weighted by Crippen LogP contribution is -2.38. The van der Waals surface area contributed by atoms with Gasteiger partial charge in [-0.05, 0) is 48.7 Å². The van der Waals surface area contributed by atoms with Crippen LogP contribution in [0.15, 0.2) is 28.3 Å². The molecule has 0 aliphatic carbocycles. The van der Waals surface area contributed by atoms with Crippen molar-refractivity contribution < 1.29 is 14.3 Å². The number of carbonyl (C=O) groups excluding carboxylic acids is 1. The predicted octanol–water partition coefficient (Wildman–Crippen LogP) is 1.57. The Labute approximate surface area is 142 Å². The summed E-state index contributed by atoms with van der Waals surface area (Å²) in [6, 6.07) is 3.54. The fraction of sp³-hybridized carbons (Fsp3) is 0.333. The maximum Gasteiger partial charge on any atom is 0.263 e. The summed E-state index contributed by atoms with van der Waals surface area (Å²) in [5.41, 5.74) is 0.0219. The lowest BCUT2D eigenvalue weighted by Gasteiger charge is -2.23. The number of rotatable bonds is 5. The Bertz CT molecular complexity index is 850. The van der Waals surface area contributed by atoms with Crippen molar-refractivity contribution in [2.75, 3.05) is 6.54 Å². The Hall–Kier alpha value is -2.52. The summed E-state index contributed by atoms with van der Waals surface area (Å²) in [5.74, 6) is 1.05. The summed E-state index contributed by atoms with van der Waals surface area (Å²) in [7, 11) is 0. The zero-order valence-corrected chi connectivity index (χ0v) is 14.3. The average Bonchev–Trinajstić information content (AvgIpc) is 3.24. The van der Waals surface area contributed by atoms with Crippen molar-refractivity contribution >= 4 is 17.2 Å². The number of hydrogen-bond acceptors (Lipinski definition) is 7. The third kappa shape index (κ3) is 3.08. The monoisotopic (exact) mass is 347 g/mol. The molecule has 24 heavy (non-hydrogen) atoms. The molecule has 1 unspecified atom stereocenters. The third-order valence-corrected chi connectivity index (χ3v) is 4.56. The van der Waals surface area contributed by atoms with Crippen molar-refractivity contribution in [3.05, 3.63) is 45.8 Å². The van der Waals surface area contributed by atoms with Crippen LogP contribution in [-0.2, 0) is 5.60 Å². The number of furan rings is 1. The first-order chi connectivity index (χ1) is 11.4.